The Morgan fingerprint density at radius 1 is 1.29 bits per heavy atom. The van der Waals surface area contributed by atoms with Crippen molar-refractivity contribution in [2.75, 3.05) is 6.54 Å². The summed E-state index contributed by atoms with van der Waals surface area (Å²) in [6.45, 7) is 4.59. The second-order valence-electron chi connectivity index (χ2n) is 5.38. The Bertz CT molecular complexity index is 345. The molecule has 0 atom stereocenters. The topological polar surface area (TPSA) is 64.9 Å². The highest BCUT2D eigenvalue weighted by atomic mass is 35.5. The van der Waals surface area contributed by atoms with E-state index in [0.717, 1.165) is 5.82 Å². The summed E-state index contributed by atoms with van der Waals surface area (Å²) in [4.78, 5) is 4.52. The average molecular weight is 260 g/mol. The van der Waals surface area contributed by atoms with Crippen LogP contribution in [0.1, 0.15) is 63.6 Å². The van der Waals surface area contributed by atoms with Crippen LogP contribution in [0.2, 0.25) is 0 Å². The second kappa shape index (κ2) is 5.83. The van der Waals surface area contributed by atoms with E-state index in [2.05, 4.69) is 10.1 Å². The standard InChI is InChI=1S/C12H21N3O.ClH/c1-12(2,8-13)11-14-10(15-16-11)9-6-4-3-5-7-9;/h9H,3-8,13H2,1-2H3;1H. The van der Waals surface area contributed by atoms with Gasteiger partial charge >= 0.3 is 0 Å². The molecule has 2 N–H and O–H groups in total. The Labute approximate surface area is 109 Å². The summed E-state index contributed by atoms with van der Waals surface area (Å²) >= 11 is 0. The van der Waals surface area contributed by atoms with Crippen molar-refractivity contribution in [3.05, 3.63) is 11.7 Å². The Morgan fingerprint density at radius 3 is 2.53 bits per heavy atom. The lowest BCUT2D eigenvalue weighted by Gasteiger charge is -2.18. The highest BCUT2D eigenvalue weighted by Crippen LogP contribution is 2.32. The molecule has 5 heteroatoms. The number of nitrogens with two attached hydrogens (primary N) is 1. The highest BCUT2D eigenvalue weighted by Gasteiger charge is 2.28. The lowest BCUT2D eigenvalue weighted by Crippen LogP contribution is -2.28. The van der Waals surface area contributed by atoms with Crippen molar-refractivity contribution in [2.45, 2.75) is 57.3 Å². The Hall–Kier alpha value is -0.610. The normalized spacial score (nSPS) is 17.8. The molecule has 1 heterocycles. The minimum absolute atomic E-state index is 0. The summed E-state index contributed by atoms with van der Waals surface area (Å²) in [5.74, 6) is 2.06. The first-order chi connectivity index (χ1) is 7.63. The van der Waals surface area contributed by atoms with Gasteiger partial charge in [-0.3, -0.25) is 0 Å². The minimum atomic E-state index is -0.208. The fourth-order valence-electron chi connectivity index (χ4n) is 2.12. The molecule has 1 saturated carbocycles. The second-order valence-corrected chi connectivity index (χ2v) is 5.38. The van der Waals surface area contributed by atoms with E-state index in [9.17, 15) is 0 Å². The van der Waals surface area contributed by atoms with E-state index in [4.69, 9.17) is 10.3 Å². The molecule has 1 fully saturated rings. The molecule has 1 aliphatic carbocycles. The molecule has 4 nitrogen and oxygen atoms in total. The van der Waals surface area contributed by atoms with E-state index in [0.29, 0.717) is 18.4 Å². The van der Waals surface area contributed by atoms with Gasteiger partial charge in [0.05, 0.1) is 5.41 Å². The zero-order chi connectivity index (χ0) is 11.6. The SMILES string of the molecule is CC(C)(CN)c1nc(C2CCCCC2)no1.Cl. The van der Waals surface area contributed by atoms with Gasteiger partial charge in [0.25, 0.3) is 0 Å². The van der Waals surface area contributed by atoms with Gasteiger partial charge in [-0.15, -0.1) is 12.4 Å². The smallest absolute Gasteiger partial charge is 0.233 e. The van der Waals surface area contributed by atoms with Crippen molar-refractivity contribution >= 4 is 12.4 Å². The average Bonchev–Trinajstić information content (AvgIpc) is 2.80. The lowest BCUT2D eigenvalue weighted by atomic mass is 9.88. The van der Waals surface area contributed by atoms with Crippen LogP contribution in [0.5, 0.6) is 0 Å². The Kier molecular flexibility index (Phi) is 4.95. The van der Waals surface area contributed by atoms with Gasteiger partial charge in [-0.05, 0) is 26.7 Å². The summed E-state index contributed by atoms with van der Waals surface area (Å²) in [7, 11) is 0. The summed E-state index contributed by atoms with van der Waals surface area (Å²) in [6.07, 6.45) is 6.31. The number of halogens is 1. The molecule has 0 radical (unpaired) electrons. The molecule has 17 heavy (non-hydrogen) atoms. The summed E-state index contributed by atoms with van der Waals surface area (Å²) in [5.41, 5.74) is 5.49. The number of hydrogen-bond acceptors (Lipinski definition) is 4. The van der Waals surface area contributed by atoms with E-state index in [1.165, 1.54) is 32.1 Å². The third kappa shape index (κ3) is 3.19. The van der Waals surface area contributed by atoms with Crippen LogP contribution in [0.4, 0.5) is 0 Å². The third-order valence-corrected chi connectivity index (χ3v) is 3.50. The molecule has 0 aliphatic heterocycles. The first-order valence-electron chi connectivity index (χ1n) is 6.17. The van der Waals surface area contributed by atoms with E-state index in [1.807, 2.05) is 13.8 Å². The first kappa shape index (κ1) is 14.5. The van der Waals surface area contributed by atoms with Gasteiger partial charge in [0.1, 0.15) is 0 Å². The van der Waals surface area contributed by atoms with Crippen LogP contribution < -0.4 is 5.73 Å². The summed E-state index contributed by atoms with van der Waals surface area (Å²) < 4.78 is 5.33. The van der Waals surface area contributed by atoms with Crippen LogP contribution in [0.15, 0.2) is 4.52 Å². The van der Waals surface area contributed by atoms with Gasteiger partial charge < -0.3 is 10.3 Å². The lowest BCUT2D eigenvalue weighted by molar-refractivity contribution is 0.305. The van der Waals surface area contributed by atoms with Gasteiger partial charge in [-0.2, -0.15) is 4.98 Å². The molecular weight excluding hydrogens is 238 g/mol. The molecule has 0 amide bonds. The number of rotatable bonds is 3. The van der Waals surface area contributed by atoms with Crippen molar-refractivity contribution in [1.29, 1.82) is 0 Å². The maximum absolute atomic E-state index is 5.70. The molecule has 1 aromatic heterocycles. The van der Waals surface area contributed by atoms with E-state index in [1.54, 1.807) is 0 Å². The molecule has 1 aliphatic rings. The zero-order valence-electron chi connectivity index (χ0n) is 10.6. The molecule has 0 saturated heterocycles. The van der Waals surface area contributed by atoms with Crippen LogP contribution in [0.25, 0.3) is 0 Å². The quantitative estimate of drug-likeness (QED) is 0.907. The van der Waals surface area contributed by atoms with Crippen molar-refractivity contribution in [1.82, 2.24) is 10.1 Å². The van der Waals surface area contributed by atoms with Gasteiger partial charge in [-0.1, -0.05) is 24.4 Å². The molecule has 98 valence electrons. The molecule has 0 bridgehead atoms. The number of nitrogens with zero attached hydrogens (tertiary/aromatic N) is 2. The van der Waals surface area contributed by atoms with Gasteiger partial charge in [0, 0.05) is 12.5 Å². The van der Waals surface area contributed by atoms with Crippen LogP contribution in [0.3, 0.4) is 0 Å². The van der Waals surface area contributed by atoms with E-state index < -0.39 is 0 Å². The minimum Gasteiger partial charge on any atom is -0.339 e. The first-order valence-corrected chi connectivity index (χ1v) is 6.17. The van der Waals surface area contributed by atoms with Gasteiger partial charge in [0.15, 0.2) is 5.82 Å². The van der Waals surface area contributed by atoms with Crippen LogP contribution in [0, 0.1) is 0 Å². The van der Waals surface area contributed by atoms with Crippen molar-refractivity contribution < 1.29 is 4.52 Å². The summed E-state index contributed by atoms with van der Waals surface area (Å²) in [6, 6.07) is 0. The monoisotopic (exact) mass is 259 g/mol. The van der Waals surface area contributed by atoms with Crippen LogP contribution in [-0.4, -0.2) is 16.7 Å². The largest absolute Gasteiger partial charge is 0.339 e. The zero-order valence-corrected chi connectivity index (χ0v) is 11.4. The number of hydrogen-bond donors (Lipinski definition) is 1. The summed E-state index contributed by atoms with van der Waals surface area (Å²) in [5, 5.41) is 4.11. The van der Waals surface area contributed by atoms with Crippen LogP contribution in [-0.2, 0) is 5.41 Å². The molecule has 0 unspecified atom stereocenters. The van der Waals surface area contributed by atoms with Gasteiger partial charge in [0.2, 0.25) is 5.89 Å². The maximum Gasteiger partial charge on any atom is 0.233 e. The van der Waals surface area contributed by atoms with Gasteiger partial charge in [-0.25, -0.2) is 0 Å². The van der Waals surface area contributed by atoms with Crippen LogP contribution >= 0.6 is 12.4 Å². The Balaban J connectivity index is 0.00000144. The van der Waals surface area contributed by atoms with Crippen molar-refractivity contribution in [3.8, 4) is 0 Å². The molecule has 0 aromatic carbocycles. The fourth-order valence-corrected chi connectivity index (χ4v) is 2.12. The van der Waals surface area contributed by atoms with Crippen molar-refractivity contribution in [3.63, 3.8) is 0 Å². The molecular formula is C12H22ClN3O. The molecule has 0 spiro atoms. The Morgan fingerprint density at radius 2 is 1.94 bits per heavy atom. The third-order valence-electron chi connectivity index (χ3n) is 3.50. The number of aromatic nitrogens is 2. The van der Waals surface area contributed by atoms with E-state index >= 15 is 0 Å². The van der Waals surface area contributed by atoms with E-state index in [-0.39, 0.29) is 17.8 Å². The predicted molar refractivity (Wildman–Crippen MR) is 69.5 cm³/mol. The predicted octanol–water partition coefficient (Wildman–Crippen LogP) is 2.78. The maximum atomic E-state index is 5.70. The fraction of sp³-hybridized carbons (Fsp3) is 0.833. The van der Waals surface area contributed by atoms with Crippen molar-refractivity contribution in [2.24, 2.45) is 5.73 Å². The highest BCUT2D eigenvalue weighted by molar-refractivity contribution is 5.85. The molecule has 1 aromatic rings. The molecule has 2 rings (SSSR count).